The van der Waals surface area contributed by atoms with Crippen molar-refractivity contribution in [2.75, 3.05) is 20.8 Å². The van der Waals surface area contributed by atoms with Crippen molar-refractivity contribution < 1.29 is 33.6 Å². The number of ether oxygens (including phenoxy) is 4. The summed E-state index contributed by atoms with van der Waals surface area (Å²) in [6.07, 6.45) is 1.61. The summed E-state index contributed by atoms with van der Waals surface area (Å²) in [4.78, 5) is 53.3. The van der Waals surface area contributed by atoms with Crippen LogP contribution in [0.1, 0.15) is 31.0 Å². The van der Waals surface area contributed by atoms with Gasteiger partial charge in [0.05, 0.1) is 63.1 Å². The van der Waals surface area contributed by atoms with Crippen molar-refractivity contribution in [3.63, 3.8) is 0 Å². The Morgan fingerprint density at radius 3 is 2.38 bits per heavy atom. The Hall–Kier alpha value is -5.35. The molecule has 0 spiro atoms. The average Bonchev–Trinajstić information content (AvgIpc) is 3.34. The van der Waals surface area contributed by atoms with E-state index in [4.69, 9.17) is 18.9 Å². The molecule has 0 saturated carbocycles. The molecule has 47 heavy (non-hydrogen) atoms. The largest absolute Gasteiger partial charge is 0.497 e. The number of esters is 1. The van der Waals surface area contributed by atoms with Crippen molar-refractivity contribution in [3.05, 3.63) is 121 Å². The van der Waals surface area contributed by atoms with Gasteiger partial charge >= 0.3 is 11.7 Å². The van der Waals surface area contributed by atoms with Gasteiger partial charge in [-0.05, 0) is 77.3 Å². The van der Waals surface area contributed by atoms with Crippen LogP contribution in [0.3, 0.4) is 0 Å². The molecule has 3 aromatic carbocycles. The molecule has 16 heteroatoms. The van der Waals surface area contributed by atoms with E-state index in [9.17, 15) is 29.8 Å². The predicted octanol–water partition coefficient (Wildman–Crippen LogP) is 5.19. The highest BCUT2D eigenvalue weighted by Crippen LogP contribution is 2.43. The molecule has 0 aliphatic carbocycles. The van der Waals surface area contributed by atoms with Crippen LogP contribution >= 0.6 is 27.3 Å². The molecule has 1 aliphatic rings. The lowest BCUT2D eigenvalue weighted by Gasteiger charge is -2.24. The number of carbonyl (C=O) groups excluding carboxylic acids is 1. The minimum absolute atomic E-state index is 0.0669. The van der Waals surface area contributed by atoms with Crippen LogP contribution in [0.2, 0.25) is 0 Å². The van der Waals surface area contributed by atoms with Crippen LogP contribution in [0.4, 0.5) is 11.4 Å². The van der Waals surface area contributed by atoms with Gasteiger partial charge in [0.15, 0.2) is 16.3 Å². The number of benzene rings is 3. The van der Waals surface area contributed by atoms with Gasteiger partial charge in [0.25, 0.3) is 11.2 Å². The van der Waals surface area contributed by atoms with E-state index in [0.29, 0.717) is 36.4 Å². The van der Waals surface area contributed by atoms with E-state index >= 15 is 0 Å². The fourth-order valence-corrected chi connectivity index (χ4v) is 6.51. The number of aromatic nitrogens is 1. The minimum Gasteiger partial charge on any atom is -0.497 e. The van der Waals surface area contributed by atoms with Gasteiger partial charge in [0.2, 0.25) is 5.75 Å². The zero-order valence-corrected chi connectivity index (χ0v) is 27.6. The Morgan fingerprint density at radius 1 is 1.04 bits per heavy atom. The molecule has 0 bridgehead atoms. The third kappa shape index (κ3) is 6.50. The van der Waals surface area contributed by atoms with Crippen LogP contribution in [0.5, 0.6) is 23.0 Å². The van der Waals surface area contributed by atoms with E-state index in [-0.39, 0.29) is 29.4 Å². The second kappa shape index (κ2) is 13.6. The number of methoxy groups -OCH3 is 2. The Bertz CT molecular complexity index is 2140. The number of allylic oxidation sites excluding steroid dienone is 1. The van der Waals surface area contributed by atoms with Crippen LogP contribution in [-0.2, 0) is 9.53 Å². The fourth-order valence-electron chi connectivity index (χ4n) is 4.92. The van der Waals surface area contributed by atoms with Crippen molar-refractivity contribution in [2.45, 2.75) is 19.9 Å². The first kappa shape index (κ1) is 33.0. The number of non-ortho nitro benzene ring substituents is 1. The molecular weight excluding hydrogens is 700 g/mol. The molecule has 5 rings (SSSR count). The summed E-state index contributed by atoms with van der Waals surface area (Å²) in [5.74, 6) is 0.00267. The van der Waals surface area contributed by atoms with Gasteiger partial charge in [0, 0.05) is 6.07 Å². The molecule has 0 unspecified atom stereocenters. The third-order valence-corrected chi connectivity index (χ3v) is 8.63. The quantitative estimate of drug-likeness (QED) is 0.120. The van der Waals surface area contributed by atoms with Crippen LogP contribution in [0, 0.1) is 20.2 Å². The van der Waals surface area contributed by atoms with Crippen molar-refractivity contribution in [3.8, 4) is 23.0 Å². The molecule has 0 radical (unpaired) electrons. The molecule has 2 heterocycles. The lowest BCUT2D eigenvalue weighted by molar-refractivity contribution is -0.394. The fraction of sp³-hybridized carbons (Fsp3) is 0.194. The topological polar surface area (TPSA) is 175 Å². The number of fused-ring (bicyclic) bond motifs is 1. The van der Waals surface area contributed by atoms with Crippen molar-refractivity contribution in [1.82, 2.24) is 4.57 Å². The summed E-state index contributed by atoms with van der Waals surface area (Å²) in [6.45, 7) is 3.53. The number of halogens is 1. The molecule has 0 amide bonds. The maximum absolute atomic E-state index is 14.0. The van der Waals surface area contributed by atoms with Gasteiger partial charge < -0.3 is 18.9 Å². The van der Waals surface area contributed by atoms with Crippen LogP contribution in [-0.4, -0.2) is 41.2 Å². The summed E-state index contributed by atoms with van der Waals surface area (Å²) < 4.78 is 24.0. The van der Waals surface area contributed by atoms with Crippen molar-refractivity contribution in [2.24, 2.45) is 4.99 Å². The molecule has 14 nitrogen and oxygen atoms in total. The predicted molar refractivity (Wildman–Crippen MR) is 174 cm³/mol. The maximum Gasteiger partial charge on any atom is 0.338 e. The third-order valence-electron chi connectivity index (χ3n) is 7.06. The monoisotopic (exact) mass is 724 g/mol. The molecule has 0 saturated heterocycles. The Labute approximate surface area is 278 Å². The van der Waals surface area contributed by atoms with E-state index in [2.05, 4.69) is 20.9 Å². The lowest BCUT2D eigenvalue weighted by Crippen LogP contribution is -2.39. The average molecular weight is 726 g/mol. The van der Waals surface area contributed by atoms with Crippen molar-refractivity contribution in [1.29, 1.82) is 0 Å². The number of hydrogen-bond acceptors (Lipinski definition) is 12. The summed E-state index contributed by atoms with van der Waals surface area (Å²) in [5.41, 5.74) is 0.341. The van der Waals surface area contributed by atoms with Crippen molar-refractivity contribution >= 4 is 50.7 Å². The smallest absolute Gasteiger partial charge is 0.338 e. The number of hydrogen-bond donors (Lipinski definition) is 0. The summed E-state index contributed by atoms with van der Waals surface area (Å²) in [5, 5.41) is 22.8. The zero-order valence-electron chi connectivity index (χ0n) is 25.2. The van der Waals surface area contributed by atoms with Gasteiger partial charge in [-0.3, -0.25) is 29.6 Å². The van der Waals surface area contributed by atoms with E-state index < -0.39 is 38.8 Å². The molecule has 1 atom stereocenters. The minimum atomic E-state index is -0.812. The number of thiazole rings is 1. The molecular formula is C31H25BrN4O10S. The molecule has 4 aromatic rings. The highest BCUT2D eigenvalue weighted by Gasteiger charge is 2.33. The number of nitro benzene ring substituents is 2. The Kier molecular flexibility index (Phi) is 9.53. The van der Waals surface area contributed by atoms with Gasteiger partial charge in [-0.25, -0.2) is 9.79 Å². The normalized spacial score (nSPS) is 14.2. The van der Waals surface area contributed by atoms with Crippen LogP contribution in [0.25, 0.3) is 6.08 Å². The Balaban J connectivity index is 1.60. The van der Waals surface area contributed by atoms with Gasteiger partial charge in [-0.1, -0.05) is 23.5 Å². The summed E-state index contributed by atoms with van der Waals surface area (Å²) >= 11 is 4.54. The standard InChI is InChI=1S/C31H25BrN4O10S/c1-5-45-30(38)26-16(2)33-31-34(27(26)18-6-9-20(43-3)10-7-18)29(37)25(47-31)14-17-12-21(32)28(24(13-17)44-4)46-23-11-8-19(35(39)40)15-22(23)36(41)42/h6-15,27H,5H2,1-4H3/b25-14-/t27-/m1/s1. The van der Waals surface area contributed by atoms with E-state index in [1.807, 2.05) is 0 Å². The number of nitrogens with zero attached hydrogens (tertiary/aromatic N) is 4. The summed E-state index contributed by atoms with van der Waals surface area (Å²) in [6, 6.07) is 12.4. The van der Waals surface area contributed by atoms with Gasteiger partial charge in [-0.2, -0.15) is 0 Å². The second-order valence-electron chi connectivity index (χ2n) is 9.88. The highest BCUT2D eigenvalue weighted by molar-refractivity contribution is 9.10. The van der Waals surface area contributed by atoms with Gasteiger partial charge in [-0.15, -0.1) is 0 Å². The molecule has 0 N–H and O–H groups in total. The second-order valence-corrected chi connectivity index (χ2v) is 11.7. The first-order valence-corrected chi connectivity index (χ1v) is 15.4. The zero-order chi connectivity index (χ0) is 34.0. The first-order valence-electron chi connectivity index (χ1n) is 13.8. The number of nitro groups is 2. The molecule has 242 valence electrons. The number of rotatable bonds is 10. The molecule has 1 aliphatic heterocycles. The highest BCUT2D eigenvalue weighted by atomic mass is 79.9. The van der Waals surface area contributed by atoms with E-state index in [1.165, 1.54) is 18.8 Å². The summed E-state index contributed by atoms with van der Waals surface area (Å²) in [7, 11) is 2.91. The van der Waals surface area contributed by atoms with E-state index in [0.717, 1.165) is 29.5 Å². The number of carbonyl (C=O) groups is 1. The Morgan fingerprint density at radius 2 is 1.77 bits per heavy atom. The SMILES string of the molecule is CCOC(=O)C1=C(C)N=c2s/c(=C\c3cc(Br)c(Oc4ccc([N+](=O)[O-])cc4[N+](=O)[O-])c(OC)c3)c(=O)n2[C@@H]1c1ccc(OC)cc1. The van der Waals surface area contributed by atoms with Gasteiger partial charge in [0.1, 0.15) is 5.75 Å². The maximum atomic E-state index is 14.0. The molecule has 0 fully saturated rings. The lowest BCUT2D eigenvalue weighted by atomic mass is 9.96. The van der Waals surface area contributed by atoms with E-state index in [1.54, 1.807) is 56.3 Å². The van der Waals surface area contributed by atoms with Crippen LogP contribution in [0.15, 0.2) is 80.1 Å². The van der Waals surface area contributed by atoms with Crippen LogP contribution < -0.4 is 29.1 Å². The first-order chi connectivity index (χ1) is 22.5. The molecule has 1 aromatic heterocycles.